The number of rotatable bonds is 3. The van der Waals surface area contributed by atoms with E-state index in [2.05, 4.69) is 69.4 Å². The summed E-state index contributed by atoms with van der Waals surface area (Å²) < 4.78 is 0. The van der Waals surface area contributed by atoms with Gasteiger partial charge < -0.3 is 40.2 Å². The van der Waals surface area contributed by atoms with Crippen LogP contribution >= 0.6 is 0 Å². The van der Waals surface area contributed by atoms with Gasteiger partial charge in [0.25, 0.3) is 0 Å². The molecule has 25 heavy (non-hydrogen) atoms. The van der Waals surface area contributed by atoms with Crippen LogP contribution in [0.4, 0.5) is 5.69 Å². The number of piperazine rings is 1. The molecule has 0 bridgehead atoms. The maximum absolute atomic E-state index is 3.30. The summed E-state index contributed by atoms with van der Waals surface area (Å²) in [7, 11) is 0. The highest BCUT2D eigenvalue weighted by atomic mass is 35.5. The van der Waals surface area contributed by atoms with Crippen LogP contribution in [0.2, 0.25) is 0 Å². The van der Waals surface area contributed by atoms with E-state index in [0.29, 0.717) is 0 Å². The molecule has 1 aliphatic heterocycles. The van der Waals surface area contributed by atoms with Crippen molar-refractivity contribution >= 4 is 16.6 Å². The smallest absolute Gasteiger partial charge is 0.0474 e. The lowest BCUT2D eigenvalue weighted by Gasteiger charge is -2.36. The highest BCUT2D eigenvalue weighted by molar-refractivity contribution is 5.92. The Bertz CT molecular complexity index is 755. The fraction of sp³-hybridized carbons (Fsp3) is 0.263. The summed E-state index contributed by atoms with van der Waals surface area (Å²) >= 11 is 0. The number of hydrogen-bond donors (Lipinski definition) is 1. The summed E-state index contributed by atoms with van der Waals surface area (Å²) in [5.74, 6) is 0. The second-order valence-corrected chi connectivity index (χ2v) is 5.96. The zero-order chi connectivity index (χ0) is 14.8. The monoisotopic (exact) mass is 379 g/mol. The first-order chi connectivity index (χ1) is 10.9. The van der Waals surface area contributed by atoms with Crippen LogP contribution in [-0.4, -0.2) is 41.5 Å². The van der Waals surface area contributed by atoms with E-state index in [1.54, 1.807) is 0 Å². The lowest BCUT2D eigenvalue weighted by molar-refractivity contribution is -0.00100. The third-order valence-corrected chi connectivity index (χ3v) is 4.53. The van der Waals surface area contributed by atoms with Crippen LogP contribution in [-0.2, 0) is 6.54 Å². The van der Waals surface area contributed by atoms with Gasteiger partial charge in [-0.3, -0.25) is 4.90 Å². The number of aromatic amines is 1. The van der Waals surface area contributed by atoms with E-state index in [4.69, 9.17) is 0 Å². The van der Waals surface area contributed by atoms with Crippen LogP contribution in [0, 0.1) is 0 Å². The zero-order valence-electron chi connectivity index (χ0n) is 14.0. The predicted octanol–water partition coefficient (Wildman–Crippen LogP) is -3.33. The van der Waals surface area contributed by atoms with Gasteiger partial charge >= 0.3 is 0 Å². The molecule has 3 aromatic rings. The van der Waals surface area contributed by atoms with Gasteiger partial charge in [0.2, 0.25) is 0 Å². The SMILES string of the molecule is O.[Cl-].[Cl-].c1ccc(CN2CCN(c3cccc4[nH]ccc34)CC2)cc1. The van der Waals surface area contributed by atoms with Gasteiger partial charge in [-0.1, -0.05) is 36.4 Å². The van der Waals surface area contributed by atoms with Crippen LogP contribution in [0.1, 0.15) is 5.56 Å². The van der Waals surface area contributed by atoms with E-state index in [9.17, 15) is 0 Å². The molecule has 136 valence electrons. The van der Waals surface area contributed by atoms with Crippen molar-refractivity contribution in [1.82, 2.24) is 9.88 Å². The molecule has 1 saturated heterocycles. The molecule has 6 heteroatoms. The van der Waals surface area contributed by atoms with Crippen molar-refractivity contribution in [2.75, 3.05) is 31.1 Å². The summed E-state index contributed by atoms with van der Waals surface area (Å²) in [5.41, 5.74) is 3.99. The lowest BCUT2D eigenvalue weighted by atomic mass is 10.1. The van der Waals surface area contributed by atoms with Crippen LogP contribution in [0.3, 0.4) is 0 Å². The molecular formula is C19H23Cl2N3O-2. The highest BCUT2D eigenvalue weighted by Gasteiger charge is 2.18. The average molecular weight is 380 g/mol. The van der Waals surface area contributed by atoms with Gasteiger partial charge in [-0.15, -0.1) is 0 Å². The van der Waals surface area contributed by atoms with Crippen molar-refractivity contribution in [3.63, 3.8) is 0 Å². The van der Waals surface area contributed by atoms with Gasteiger partial charge in [0.15, 0.2) is 0 Å². The standard InChI is InChI=1S/C19H21N3.2ClH.H2O/c1-2-5-16(6-3-1)15-21-11-13-22(14-12-21)19-8-4-7-18-17(19)9-10-20-18;;;/h1-10,20H,11-15H2;2*1H;1H2/p-2. The summed E-state index contributed by atoms with van der Waals surface area (Å²) in [6.45, 7) is 5.49. The molecular weight excluding hydrogens is 357 g/mol. The Morgan fingerprint density at radius 2 is 1.52 bits per heavy atom. The molecule has 2 aromatic carbocycles. The molecule has 1 aliphatic rings. The number of hydrogen-bond acceptors (Lipinski definition) is 2. The van der Waals surface area contributed by atoms with Crippen molar-refractivity contribution in [3.05, 3.63) is 66.4 Å². The summed E-state index contributed by atoms with van der Waals surface area (Å²) in [4.78, 5) is 8.36. The molecule has 0 aliphatic carbocycles. The zero-order valence-corrected chi connectivity index (χ0v) is 15.5. The number of anilines is 1. The van der Waals surface area contributed by atoms with E-state index in [1.165, 1.54) is 22.2 Å². The third-order valence-electron chi connectivity index (χ3n) is 4.53. The van der Waals surface area contributed by atoms with Gasteiger partial charge in [-0.25, -0.2) is 0 Å². The second-order valence-electron chi connectivity index (χ2n) is 5.96. The number of H-pyrrole nitrogens is 1. The second kappa shape index (κ2) is 9.68. The Hall–Kier alpha value is -1.72. The normalized spacial score (nSPS) is 14.3. The van der Waals surface area contributed by atoms with E-state index in [0.717, 1.165) is 32.7 Å². The van der Waals surface area contributed by atoms with E-state index >= 15 is 0 Å². The number of halogens is 2. The van der Waals surface area contributed by atoms with E-state index < -0.39 is 0 Å². The topological polar surface area (TPSA) is 53.8 Å². The fourth-order valence-corrected chi connectivity index (χ4v) is 3.33. The molecule has 0 unspecified atom stereocenters. The van der Waals surface area contributed by atoms with Crippen LogP contribution < -0.4 is 29.7 Å². The fourth-order valence-electron chi connectivity index (χ4n) is 3.33. The molecule has 0 spiro atoms. The average Bonchev–Trinajstić information content (AvgIpc) is 3.05. The van der Waals surface area contributed by atoms with E-state index in [1.807, 2.05) is 6.20 Å². The van der Waals surface area contributed by atoms with Crippen LogP contribution in [0.25, 0.3) is 10.9 Å². The van der Waals surface area contributed by atoms with Crippen molar-refractivity contribution in [1.29, 1.82) is 0 Å². The Balaban J connectivity index is 0.00000104. The maximum Gasteiger partial charge on any atom is 0.0474 e. The lowest BCUT2D eigenvalue weighted by Crippen LogP contribution is -3.00. The Morgan fingerprint density at radius 3 is 2.24 bits per heavy atom. The van der Waals surface area contributed by atoms with Crippen molar-refractivity contribution in [2.45, 2.75) is 6.54 Å². The maximum atomic E-state index is 3.30. The van der Waals surface area contributed by atoms with Crippen LogP contribution in [0.15, 0.2) is 60.8 Å². The molecule has 0 amide bonds. The van der Waals surface area contributed by atoms with Gasteiger partial charge in [-0.05, 0) is 23.8 Å². The van der Waals surface area contributed by atoms with E-state index in [-0.39, 0.29) is 30.3 Å². The minimum absolute atomic E-state index is 0. The summed E-state index contributed by atoms with van der Waals surface area (Å²) in [6, 6.07) is 19.5. The number of nitrogens with one attached hydrogen (secondary N) is 1. The first kappa shape index (κ1) is 21.3. The molecule has 0 saturated carbocycles. The highest BCUT2D eigenvalue weighted by Crippen LogP contribution is 2.27. The summed E-state index contributed by atoms with van der Waals surface area (Å²) in [5, 5.41) is 1.33. The van der Waals surface area contributed by atoms with Gasteiger partial charge in [-0.2, -0.15) is 0 Å². The Morgan fingerprint density at radius 1 is 0.800 bits per heavy atom. The minimum atomic E-state index is 0. The molecule has 3 N–H and O–H groups in total. The van der Waals surface area contributed by atoms with Gasteiger partial charge in [0, 0.05) is 55.5 Å². The van der Waals surface area contributed by atoms with Gasteiger partial charge in [0.05, 0.1) is 0 Å². The first-order valence-electron chi connectivity index (χ1n) is 7.97. The molecule has 2 heterocycles. The number of benzene rings is 2. The van der Waals surface area contributed by atoms with Crippen molar-refractivity contribution < 1.29 is 30.3 Å². The van der Waals surface area contributed by atoms with Gasteiger partial charge in [0.1, 0.15) is 0 Å². The summed E-state index contributed by atoms with van der Waals surface area (Å²) in [6.07, 6.45) is 2.03. The molecule has 0 radical (unpaired) electrons. The van der Waals surface area contributed by atoms with Crippen molar-refractivity contribution in [2.24, 2.45) is 0 Å². The molecule has 1 aromatic heterocycles. The van der Waals surface area contributed by atoms with Crippen molar-refractivity contribution in [3.8, 4) is 0 Å². The number of aromatic nitrogens is 1. The number of fused-ring (bicyclic) bond motifs is 1. The Labute approximate surface area is 161 Å². The Kier molecular flexibility index (Phi) is 8.26. The van der Waals surface area contributed by atoms with Crippen LogP contribution in [0.5, 0.6) is 0 Å². The molecule has 0 atom stereocenters. The minimum Gasteiger partial charge on any atom is -1.00 e. The predicted molar refractivity (Wildman–Crippen MR) is 95.8 cm³/mol. The largest absolute Gasteiger partial charge is 1.00 e. The first-order valence-corrected chi connectivity index (χ1v) is 7.97. The quantitative estimate of drug-likeness (QED) is 0.517. The molecule has 4 rings (SSSR count). The molecule has 4 nitrogen and oxygen atoms in total. The number of nitrogens with zero attached hydrogens (tertiary/aromatic N) is 2. The molecule has 1 fully saturated rings. The third kappa shape index (κ3) is 4.67.